The summed E-state index contributed by atoms with van der Waals surface area (Å²) in [6, 6.07) is 12.5. The molecule has 0 unspecified atom stereocenters. The lowest BCUT2D eigenvalue weighted by Crippen LogP contribution is -2.36. The number of rotatable bonds is 5. The normalized spacial score (nSPS) is 14.0. The van der Waals surface area contributed by atoms with Gasteiger partial charge in [-0.15, -0.1) is 5.10 Å². The number of halogens is 3. The summed E-state index contributed by atoms with van der Waals surface area (Å²) in [6.07, 6.45) is -2.78. The lowest BCUT2D eigenvalue weighted by atomic mass is 10.2. The first-order valence-corrected chi connectivity index (χ1v) is 10.1. The van der Waals surface area contributed by atoms with Crippen LogP contribution >= 0.6 is 0 Å². The maximum atomic E-state index is 12.8. The van der Waals surface area contributed by atoms with Crippen molar-refractivity contribution in [1.82, 2.24) is 10.2 Å². The van der Waals surface area contributed by atoms with E-state index in [0.717, 1.165) is 36.6 Å². The molecule has 2 heterocycles. The smallest absolute Gasteiger partial charge is 0.378 e. The molecule has 8 nitrogen and oxygen atoms in total. The van der Waals surface area contributed by atoms with Gasteiger partial charge in [0.05, 0.1) is 30.7 Å². The Kier molecular flexibility index (Phi) is 6.59. The van der Waals surface area contributed by atoms with E-state index in [2.05, 4.69) is 31.0 Å². The average Bonchev–Trinajstić information content (AvgIpc) is 2.81. The minimum Gasteiger partial charge on any atom is -0.378 e. The number of morpholine rings is 1. The third-order valence-corrected chi connectivity index (χ3v) is 4.88. The molecular formula is C22H21F3N6O2. The highest BCUT2D eigenvalue weighted by molar-refractivity contribution is 5.99. The summed E-state index contributed by atoms with van der Waals surface area (Å²) in [5.74, 6) is 0.571. The number of ether oxygens (including phenoxy) is 1. The molecule has 0 spiro atoms. The van der Waals surface area contributed by atoms with Crippen LogP contribution in [0.1, 0.15) is 5.56 Å². The van der Waals surface area contributed by atoms with E-state index < -0.39 is 17.8 Å². The molecule has 0 saturated carbocycles. The van der Waals surface area contributed by atoms with Crippen LogP contribution < -0.4 is 20.9 Å². The Hall–Kier alpha value is -3.86. The summed E-state index contributed by atoms with van der Waals surface area (Å²) in [6.45, 7) is 2.91. The van der Waals surface area contributed by atoms with Crippen molar-refractivity contribution in [3.63, 3.8) is 0 Å². The van der Waals surface area contributed by atoms with Gasteiger partial charge in [0.15, 0.2) is 5.82 Å². The number of urea groups is 1. The van der Waals surface area contributed by atoms with Crippen LogP contribution in [0.25, 0.3) is 0 Å². The third kappa shape index (κ3) is 6.10. The zero-order chi connectivity index (χ0) is 23.3. The van der Waals surface area contributed by atoms with E-state index in [1.807, 2.05) is 6.07 Å². The zero-order valence-electron chi connectivity index (χ0n) is 17.4. The number of benzene rings is 2. The van der Waals surface area contributed by atoms with Gasteiger partial charge in [0, 0.05) is 36.2 Å². The van der Waals surface area contributed by atoms with Crippen molar-refractivity contribution >= 4 is 34.6 Å². The maximum Gasteiger partial charge on any atom is 0.416 e. The zero-order valence-corrected chi connectivity index (χ0v) is 17.4. The Morgan fingerprint density at radius 3 is 2.36 bits per heavy atom. The van der Waals surface area contributed by atoms with Gasteiger partial charge >= 0.3 is 12.2 Å². The van der Waals surface area contributed by atoms with E-state index in [4.69, 9.17) is 4.74 Å². The molecule has 1 aromatic heterocycles. The number of carbonyl (C=O) groups is 1. The molecule has 1 aliphatic heterocycles. The molecule has 3 aromatic rings. The Morgan fingerprint density at radius 1 is 0.939 bits per heavy atom. The van der Waals surface area contributed by atoms with E-state index >= 15 is 0 Å². The van der Waals surface area contributed by atoms with Crippen molar-refractivity contribution in [2.24, 2.45) is 0 Å². The quantitative estimate of drug-likeness (QED) is 0.513. The fourth-order valence-electron chi connectivity index (χ4n) is 3.26. The lowest BCUT2D eigenvalue weighted by molar-refractivity contribution is -0.137. The second-order valence-corrected chi connectivity index (χ2v) is 7.26. The van der Waals surface area contributed by atoms with Gasteiger partial charge in [-0.2, -0.15) is 18.3 Å². The molecule has 0 radical (unpaired) electrons. The molecule has 11 heteroatoms. The number of carbonyl (C=O) groups excluding carboxylic acids is 1. The average molecular weight is 458 g/mol. The molecule has 1 fully saturated rings. The predicted octanol–water partition coefficient (Wildman–Crippen LogP) is 4.72. The minimum absolute atomic E-state index is 0.0411. The van der Waals surface area contributed by atoms with Gasteiger partial charge < -0.3 is 25.6 Å². The van der Waals surface area contributed by atoms with E-state index in [-0.39, 0.29) is 5.69 Å². The Balaban J connectivity index is 1.34. The molecule has 172 valence electrons. The highest BCUT2D eigenvalue weighted by Crippen LogP contribution is 2.30. The number of aromatic nitrogens is 2. The number of amides is 2. The van der Waals surface area contributed by atoms with Crippen LogP contribution in [0.2, 0.25) is 0 Å². The van der Waals surface area contributed by atoms with Crippen LogP contribution in [0.3, 0.4) is 0 Å². The first-order chi connectivity index (χ1) is 15.9. The SMILES string of the molecule is O=C(Nc1ccc(Nc2cc(N3CCOCC3)cnn2)cc1)Nc1cccc(C(F)(F)F)c1. The fourth-order valence-corrected chi connectivity index (χ4v) is 3.26. The van der Waals surface area contributed by atoms with Crippen LogP contribution in [-0.2, 0) is 10.9 Å². The highest BCUT2D eigenvalue weighted by Gasteiger charge is 2.30. The fraction of sp³-hybridized carbons (Fsp3) is 0.227. The largest absolute Gasteiger partial charge is 0.416 e. The topological polar surface area (TPSA) is 91.4 Å². The van der Waals surface area contributed by atoms with Crippen LogP contribution in [0.5, 0.6) is 0 Å². The van der Waals surface area contributed by atoms with Crippen molar-refractivity contribution in [3.05, 3.63) is 66.4 Å². The van der Waals surface area contributed by atoms with Crippen LogP contribution in [-0.4, -0.2) is 42.5 Å². The maximum absolute atomic E-state index is 12.8. The number of hydrogen-bond donors (Lipinski definition) is 3. The second-order valence-electron chi connectivity index (χ2n) is 7.26. The predicted molar refractivity (Wildman–Crippen MR) is 119 cm³/mol. The van der Waals surface area contributed by atoms with Crippen LogP contribution in [0.4, 0.5) is 46.5 Å². The Labute approximate surface area is 187 Å². The summed E-state index contributed by atoms with van der Waals surface area (Å²) in [7, 11) is 0. The highest BCUT2D eigenvalue weighted by atomic mass is 19.4. The van der Waals surface area contributed by atoms with Crippen LogP contribution in [0, 0.1) is 0 Å². The lowest BCUT2D eigenvalue weighted by Gasteiger charge is -2.28. The van der Waals surface area contributed by atoms with Crippen molar-refractivity contribution < 1.29 is 22.7 Å². The van der Waals surface area contributed by atoms with Gasteiger partial charge in [0.1, 0.15) is 0 Å². The van der Waals surface area contributed by atoms with E-state index in [9.17, 15) is 18.0 Å². The van der Waals surface area contributed by atoms with Gasteiger partial charge in [-0.25, -0.2) is 4.79 Å². The first-order valence-electron chi connectivity index (χ1n) is 10.1. The standard InChI is InChI=1S/C22H21F3N6O2/c23-22(24,25)15-2-1-3-18(12-15)29-21(32)28-17-6-4-16(5-7-17)27-20-13-19(14-26-30-20)31-8-10-33-11-9-31/h1-7,12-14H,8-11H2,(H,27,30)(H2,28,29,32). The van der Waals surface area contributed by atoms with Crippen LogP contribution in [0.15, 0.2) is 60.8 Å². The van der Waals surface area contributed by atoms with Crippen molar-refractivity contribution in [1.29, 1.82) is 0 Å². The molecule has 3 N–H and O–H groups in total. The van der Waals surface area contributed by atoms with E-state index in [1.165, 1.54) is 12.1 Å². The second kappa shape index (κ2) is 9.74. The Bertz CT molecular complexity index is 1100. The van der Waals surface area contributed by atoms with Crippen molar-refractivity contribution in [2.75, 3.05) is 47.2 Å². The van der Waals surface area contributed by atoms with Crippen molar-refractivity contribution in [2.45, 2.75) is 6.18 Å². The molecular weight excluding hydrogens is 437 g/mol. The summed E-state index contributed by atoms with van der Waals surface area (Å²) in [5.41, 5.74) is 1.35. The number of nitrogens with zero attached hydrogens (tertiary/aromatic N) is 3. The summed E-state index contributed by atoms with van der Waals surface area (Å²) >= 11 is 0. The number of nitrogens with one attached hydrogen (secondary N) is 3. The summed E-state index contributed by atoms with van der Waals surface area (Å²) < 4.78 is 43.8. The molecule has 1 aliphatic rings. The molecule has 0 atom stereocenters. The monoisotopic (exact) mass is 458 g/mol. The first kappa shape index (κ1) is 22.3. The third-order valence-electron chi connectivity index (χ3n) is 4.88. The molecule has 4 rings (SSSR count). The molecule has 1 saturated heterocycles. The molecule has 0 aliphatic carbocycles. The van der Waals surface area contributed by atoms with Gasteiger partial charge in [0.2, 0.25) is 0 Å². The van der Waals surface area contributed by atoms with E-state index in [1.54, 1.807) is 30.5 Å². The summed E-state index contributed by atoms with van der Waals surface area (Å²) in [5, 5.41) is 16.3. The number of hydrogen-bond acceptors (Lipinski definition) is 6. The molecule has 33 heavy (non-hydrogen) atoms. The molecule has 0 bridgehead atoms. The molecule has 2 amide bonds. The summed E-state index contributed by atoms with van der Waals surface area (Å²) in [4.78, 5) is 14.3. The number of anilines is 5. The Morgan fingerprint density at radius 2 is 1.64 bits per heavy atom. The van der Waals surface area contributed by atoms with Gasteiger partial charge in [-0.3, -0.25) is 0 Å². The van der Waals surface area contributed by atoms with E-state index in [0.29, 0.717) is 24.7 Å². The van der Waals surface area contributed by atoms with Crippen molar-refractivity contribution in [3.8, 4) is 0 Å². The minimum atomic E-state index is -4.48. The number of alkyl halides is 3. The molecule has 2 aromatic carbocycles. The van der Waals surface area contributed by atoms with Gasteiger partial charge in [-0.05, 0) is 42.5 Å². The van der Waals surface area contributed by atoms with Gasteiger partial charge in [-0.1, -0.05) is 6.07 Å². The van der Waals surface area contributed by atoms with Gasteiger partial charge in [0.25, 0.3) is 0 Å².